The van der Waals surface area contributed by atoms with Gasteiger partial charge in [0.15, 0.2) is 0 Å². The minimum atomic E-state index is -3.62. The third-order valence-electron chi connectivity index (χ3n) is 4.48. The summed E-state index contributed by atoms with van der Waals surface area (Å²) in [6.45, 7) is 4.67. The number of nitrogens with zero attached hydrogens (tertiary/aromatic N) is 2. The monoisotopic (exact) mass is 382 g/mol. The first-order valence-electron chi connectivity index (χ1n) is 8.86. The van der Waals surface area contributed by atoms with Crippen LogP contribution in [-0.2, 0) is 14.8 Å². The third kappa shape index (κ3) is 4.82. The standard InChI is InChI=1S/C18H26N2O5S/c1-14(2)20(12-9-17(21)22)18(23)15-7-6-8-16(13-15)26(24,25)19-10-4-3-5-11-19/h6-8,13-14H,3-5,9-12H2,1-2H3,(H,21,22). The number of carbonyl (C=O) groups is 2. The van der Waals surface area contributed by atoms with Gasteiger partial charge in [0.1, 0.15) is 0 Å². The molecule has 0 radical (unpaired) electrons. The molecular formula is C18H26N2O5S. The zero-order valence-corrected chi connectivity index (χ0v) is 16.0. The minimum Gasteiger partial charge on any atom is -0.481 e. The largest absolute Gasteiger partial charge is 0.481 e. The first kappa shape index (κ1) is 20.4. The molecule has 0 bridgehead atoms. The molecule has 2 rings (SSSR count). The first-order valence-corrected chi connectivity index (χ1v) is 10.3. The van der Waals surface area contributed by atoms with Gasteiger partial charge < -0.3 is 10.0 Å². The normalized spacial score (nSPS) is 15.8. The van der Waals surface area contributed by atoms with E-state index in [1.54, 1.807) is 26.0 Å². The van der Waals surface area contributed by atoms with E-state index in [4.69, 9.17) is 5.11 Å². The van der Waals surface area contributed by atoms with Crippen LogP contribution < -0.4 is 0 Å². The Morgan fingerprint density at radius 1 is 1.19 bits per heavy atom. The van der Waals surface area contributed by atoms with E-state index in [1.165, 1.54) is 21.3 Å². The van der Waals surface area contributed by atoms with Gasteiger partial charge in [-0.3, -0.25) is 9.59 Å². The molecule has 0 spiro atoms. The number of amides is 1. The van der Waals surface area contributed by atoms with Gasteiger partial charge in [-0.05, 0) is 44.9 Å². The number of carboxylic acid groups (broad SMARTS) is 1. The van der Waals surface area contributed by atoms with Crippen LogP contribution in [0.4, 0.5) is 0 Å². The number of hydrogen-bond donors (Lipinski definition) is 1. The van der Waals surface area contributed by atoms with Crippen molar-refractivity contribution in [3.05, 3.63) is 29.8 Å². The summed E-state index contributed by atoms with van der Waals surface area (Å²) in [7, 11) is -3.62. The second kappa shape index (κ2) is 8.64. The molecule has 8 heteroatoms. The Balaban J connectivity index is 2.26. The summed E-state index contributed by atoms with van der Waals surface area (Å²) in [6.07, 6.45) is 2.55. The van der Waals surface area contributed by atoms with Gasteiger partial charge in [0.25, 0.3) is 5.91 Å². The number of aliphatic carboxylic acids is 1. The maximum atomic E-state index is 12.8. The molecule has 0 aliphatic carbocycles. The topological polar surface area (TPSA) is 95.0 Å². The van der Waals surface area contributed by atoms with E-state index >= 15 is 0 Å². The maximum absolute atomic E-state index is 12.8. The zero-order chi connectivity index (χ0) is 19.3. The fourth-order valence-electron chi connectivity index (χ4n) is 3.02. The second-order valence-electron chi connectivity index (χ2n) is 6.73. The summed E-state index contributed by atoms with van der Waals surface area (Å²) < 4.78 is 27.1. The molecule has 144 valence electrons. The van der Waals surface area contributed by atoms with Crippen molar-refractivity contribution in [3.63, 3.8) is 0 Å². The van der Waals surface area contributed by atoms with E-state index in [-0.39, 0.29) is 35.4 Å². The number of piperidine rings is 1. The zero-order valence-electron chi connectivity index (χ0n) is 15.2. The average molecular weight is 382 g/mol. The second-order valence-corrected chi connectivity index (χ2v) is 8.67. The lowest BCUT2D eigenvalue weighted by Crippen LogP contribution is -2.39. The minimum absolute atomic E-state index is 0.0783. The lowest BCUT2D eigenvalue weighted by Gasteiger charge is -2.27. The fraction of sp³-hybridized carbons (Fsp3) is 0.556. The highest BCUT2D eigenvalue weighted by Gasteiger charge is 2.27. The molecule has 0 aromatic heterocycles. The van der Waals surface area contributed by atoms with Crippen molar-refractivity contribution in [1.82, 2.24) is 9.21 Å². The van der Waals surface area contributed by atoms with Crippen molar-refractivity contribution in [2.24, 2.45) is 0 Å². The van der Waals surface area contributed by atoms with Crippen molar-refractivity contribution in [2.75, 3.05) is 19.6 Å². The van der Waals surface area contributed by atoms with Crippen molar-refractivity contribution in [2.45, 2.75) is 50.5 Å². The highest BCUT2D eigenvalue weighted by atomic mass is 32.2. The SMILES string of the molecule is CC(C)N(CCC(=O)O)C(=O)c1cccc(S(=O)(=O)N2CCCCC2)c1. The van der Waals surface area contributed by atoms with Gasteiger partial charge in [0, 0.05) is 31.2 Å². The van der Waals surface area contributed by atoms with Crippen LogP contribution in [0.15, 0.2) is 29.2 Å². The molecule has 1 N–H and O–H groups in total. The smallest absolute Gasteiger partial charge is 0.305 e. The van der Waals surface area contributed by atoms with Crippen LogP contribution in [0.1, 0.15) is 49.9 Å². The number of benzene rings is 1. The van der Waals surface area contributed by atoms with Crippen LogP contribution in [0, 0.1) is 0 Å². The maximum Gasteiger partial charge on any atom is 0.305 e. The fourth-order valence-corrected chi connectivity index (χ4v) is 4.58. The molecule has 1 aromatic carbocycles. The molecule has 7 nitrogen and oxygen atoms in total. The van der Waals surface area contributed by atoms with Gasteiger partial charge in [0.2, 0.25) is 10.0 Å². The van der Waals surface area contributed by atoms with Gasteiger partial charge >= 0.3 is 5.97 Å². The van der Waals surface area contributed by atoms with Crippen LogP contribution >= 0.6 is 0 Å². The van der Waals surface area contributed by atoms with Gasteiger partial charge in [-0.1, -0.05) is 12.5 Å². The van der Waals surface area contributed by atoms with Crippen molar-refractivity contribution < 1.29 is 23.1 Å². The summed E-state index contributed by atoms with van der Waals surface area (Å²) in [5, 5.41) is 8.87. The number of hydrogen-bond acceptors (Lipinski definition) is 4. The predicted octanol–water partition coefficient (Wildman–Crippen LogP) is 2.19. The Morgan fingerprint density at radius 3 is 2.42 bits per heavy atom. The average Bonchev–Trinajstić information content (AvgIpc) is 2.62. The summed E-state index contributed by atoms with van der Waals surface area (Å²) in [5.41, 5.74) is 0.252. The molecule has 0 unspecified atom stereocenters. The van der Waals surface area contributed by atoms with Gasteiger partial charge in [-0.15, -0.1) is 0 Å². The Hall–Kier alpha value is -1.93. The summed E-state index contributed by atoms with van der Waals surface area (Å²) in [6, 6.07) is 5.82. The molecule has 1 aliphatic heterocycles. The number of rotatable bonds is 7. The molecule has 1 amide bonds. The molecule has 1 aliphatic rings. The number of carbonyl (C=O) groups excluding carboxylic acids is 1. The predicted molar refractivity (Wildman–Crippen MR) is 97.5 cm³/mol. The molecule has 0 saturated carbocycles. The molecule has 1 saturated heterocycles. The van der Waals surface area contributed by atoms with Gasteiger partial charge in [-0.25, -0.2) is 8.42 Å². The molecule has 1 fully saturated rings. The summed E-state index contributed by atoms with van der Waals surface area (Å²) in [4.78, 5) is 25.2. The summed E-state index contributed by atoms with van der Waals surface area (Å²) >= 11 is 0. The highest BCUT2D eigenvalue weighted by molar-refractivity contribution is 7.89. The highest BCUT2D eigenvalue weighted by Crippen LogP contribution is 2.22. The first-order chi connectivity index (χ1) is 12.2. The third-order valence-corrected chi connectivity index (χ3v) is 6.38. The molecule has 1 heterocycles. The quantitative estimate of drug-likeness (QED) is 0.780. The van der Waals surface area contributed by atoms with Crippen LogP contribution in [0.5, 0.6) is 0 Å². The van der Waals surface area contributed by atoms with Crippen molar-refractivity contribution in [3.8, 4) is 0 Å². The summed E-state index contributed by atoms with van der Waals surface area (Å²) in [5.74, 6) is -1.35. The van der Waals surface area contributed by atoms with Crippen LogP contribution in [0.25, 0.3) is 0 Å². The lowest BCUT2D eigenvalue weighted by atomic mass is 10.1. The molecular weight excluding hydrogens is 356 g/mol. The van der Waals surface area contributed by atoms with Crippen LogP contribution in [-0.4, -0.2) is 60.3 Å². The Kier molecular flexibility index (Phi) is 6.77. The van der Waals surface area contributed by atoms with Gasteiger partial charge in [0.05, 0.1) is 11.3 Å². The Morgan fingerprint density at radius 2 is 1.85 bits per heavy atom. The number of sulfonamides is 1. The van der Waals surface area contributed by atoms with Crippen LogP contribution in [0.3, 0.4) is 0 Å². The van der Waals surface area contributed by atoms with E-state index in [1.807, 2.05) is 0 Å². The van der Waals surface area contributed by atoms with Gasteiger partial charge in [-0.2, -0.15) is 4.31 Å². The lowest BCUT2D eigenvalue weighted by molar-refractivity contribution is -0.137. The van der Waals surface area contributed by atoms with Crippen molar-refractivity contribution in [1.29, 1.82) is 0 Å². The Labute approximate surface area is 154 Å². The molecule has 1 aromatic rings. The van der Waals surface area contributed by atoms with Crippen molar-refractivity contribution >= 4 is 21.9 Å². The molecule has 26 heavy (non-hydrogen) atoms. The van der Waals surface area contributed by atoms with E-state index in [0.29, 0.717) is 13.1 Å². The van der Waals surface area contributed by atoms with Crippen LogP contribution in [0.2, 0.25) is 0 Å². The van der Waals surface area contributed by atoms with E-state index in [0.717, 1.165) is 19.3 Å². The Bertz CT molecular complexity index is 755. The number of carboxylic acids is 1. The molecule has 0 atom stereocenters. The van der Waals surface area contributed by atoms with E-state index in [2.05, 4.69) is 0 Å². The van der Waals surface area contributed by atoms with E-state index in [9.17, 15) is 18.0 Å². The van der Waals surface area contributed by atoms with E-state index < -0.39 is 16.0 Å².